The van der Waals surface area contributed by atoms with E-state index in [1.54, 1.807) is 0 Å². The monoisotopic (exact) mass is 256 g/mol. The fourth-order valence-corrected chi connectivity index (χ4v) is 2.78. The minimum Gasteiger partial charge on any atom is -0.444 e. The van der Waals surface area contributed by atoms with Crippen LogP contribution in [-0.2, 0) is 9.47 Å². The van der Waals surface area contributed by atoms with Gasteiger partial charge in [-0.3, -0.25) is 4.90 Å². The van der Waals surface area contributed by atoms with E-state index in [9.17, 15) is 4.79 Å². The molecule has 5 heteroatoms. The smallest absolute Gasteiger partial charge is 0.411 e. The second kappa shape index (κ2) is 4.70. The predicted octanol–water partition coefficient (Wildman–Crippen LogP) is 1.37. The van der Waals surface area contributed by atoms with Crippen molar-refractivity contribution in [2.75, 3.05) is 26.3 Å². The summed E-state index contributed by atoms with van der Waals surface area (Å²) in [5.41, 5.74) is -0.678. The highest BCUT2D eigenvalue weighted by atomic mass is 16.6. The molecule has 1 amide bonds. The summed E-state index contributed by atoms with van der Waals surface area (Å²) in [6.45, 7) is 10.6. The largest absolute Gasteiger partial charge is 0.444 e. The molecule has 0 aromatic carbocycles. The Hall–Kier alpha value is -0.810. The average molecular weight is 256 g/mol. The van der Waals surface area contributed by atoms with Crippen LogP contribution in [0.1, 0.15) is 34.1 Å². The number of nitrogens with zero attached hydrogens (tertiary/aromatic N) is 1. The molecule has 1 N–H and O–H groups in total. The van der Waals surface area contributed by atoms with Gasteiger partial charge in [0.15, 0.2) is 0 Å². The van der Waals surface area contributed by atoms with Crippen molar-refractivity contribution in [2.24, 2.45) is 0 Å². The summed E-state index contributed by atoms with van der Waals surface area (Å²) in [5.74, 6) is 0. The normalized spacial score (nSPS) is 32.9. The molecule has 2 heterocycles. The quantitative estimate of drug-likeness (QED) is 0.711. The third-order valence-corrected chi connectivity index (χ3v) is 3.49. The summed E-state index contributed by atoms with van der Waals surface area (Å²) in [5, 5.41) is 3.32. The van der Waals surface area contributed by atoms with Gasteiger partial charge >= 0.3 is 6.09 Å². The molecule has 0 aromatic rings. The SMILES string of the molecule is CC1COCC2(CCNC2)N1C(=O)OC(C)(C)C. The molecule has 18 heavy (non-hydrogen) atoms. The first-order chi connectivity index (χ1) is 8.34. The zero-order chi connectivity index (χ0) is 13.4. The van der Waals surface area contributed by atoms with E-state index >= 15 is 0 Å². The topological polar surface area (TPSA) is 50.8 Å². The van der Waals surface area contributed by atoms with Crippen LogP contribution in [0.15, 0.2) is 0 Å². The van der Waals surface area contributed by atoms with Crippen LogP contribution >= 0.6 is 0 Å². The number of carbonyl (C=O) groups is 1. The zero-order valence-electron chi connectivity index (χ0n) is 11.8. The van der Waals surface area contributed by atoms with Crippen molar-refractivity contribution in [1.82, 2.24) is 10.2 Å². The minimum atomic E-state index is -0.456. The highest BCUT2D eigenvalue weighted by Crippen LogP contribution is 2.31. The van der Waals surface area contributed by atoms with Gasteiger partial charge in [-0.25, -0.2) is 4.79 Å². The van der Waals surface area contributed by atoms with Crippen LogP contribution in [0, 0.1) is 0 Å². The number of amides is 1. The van der Waals surface area contributed by atoms with Crippen molar-refractivity contribution in [2.45, 2.75) is 51.3 Å². The van der Waals surface area contributed by atoms with E-state index in [0.717, 1.165) is 19.5 Å². The lowest BCUT2D eigenvalue weighted by Gasteiger charge is -2.47. The van der Waals surface area contributed by atoms with E-state index in [4.69, 9.17) is 9.47 Å². The van der Waals surface area contributed by atoms with Crippen molar-refractivity contribution in [3.8, 4) is 0 Å². The summed E-state index contributed by atoms with van der Waals surface area (Å²) in [7, 11) is 0. The second-order valence-corrected chi connectivity index (χ2v) is 6.37. The third kappa shape index (κ3) is 2.62. The van der Waals surface area contributed by atoms with Gasteiger partial charge in [0.05, 0.1) is 24.8 Å². The van der Waals surface area contributed by atoms with Crippen molar-refractivity contribution in [3.63, 3.8) is 0 Å². The van der Waals surface area contributed by atoms with Crippen LogP contribution in [0.5, 0.6) is 0 Å². The number of ether oxygens (including phenoxy) is 2. The number of morpholine rings is 1. The number of nitrogens with one attached hydrogen (secondary N) is 1. The molecule has 1 spiro atoms. The summed E-state index contributed by atoms with van der Waals surface area (Å²) in [6, 6.07) is 0.0634. The Morgan fingerprint density at radius 2 is 2.22 bits per heavy atom. The van der Waals surface area contributed by atoms with E-state index in [0.29, 0.717) is 13.2 Å². The van der Waals surface area contributed by atoms with Gasteiger partial charge in [0.2, 0.25) is 0 Å². The summed E-state index contributed by atoms with van der Waals surface area (Å²) in [4.78, 5) is 14.3. The molecular weight excluding hydrogens is 232 g/mol. The lowest BCUT2D eigenvalue weighted by Crippen LogP contribution is -2.64. The maximum atomic E-state index is 12.4. The first kappa shape index (κ1) is 13.6. The van der Waals surface area contributed by atoms with Gasteiger partial charge in [-0.1, -0.05) is 0 Å². The van der Waals surface area contributed by atoms with Gasteiger partial charge in [-0.05, 0) is 40.7 Å². The summed E-state index contributed by atoms with van der Waals surface area (Å²) >= 11 is 0. The Morgan fingerprint density at radius 1 is 1.50 bits per heavy atom. The third-order valence-electron chi connectivity index (χ3n) is 3.49. The number of hydrogen-bond acceptors (Lipinski definition) is 4. The molecule has 2 fully saturated rings. The van der Waals surface area contributed by atoms with Crippen molar-refractivity contribution < 1.29 is 14.3 Å². The van der Waals surface area contributed by atoms with E-state index in [1.807, 2.05) is 32.6 Å². The Labute approximate surface area is 109 Å². The Balaban J connectivity index is 2.17. The van der Waals surface area contributed by atoms with E-state index in [2.05, 4.69) is 5.32 Å². The average Bonchev–Trinajstić information content (AvgIpc) is 2.63. The first-order valence-corrected chi connectivity index (χ1v) is 6.65. The van der Waals surface area contributed by atoms with Crippen LogP contribution in [0.3, 0.4) is 0 Å². The van der Waals surface area contributed by atoms with Crippen molar-refractivity contribution in [3.05, 3.63) is 0 Å². The molecule has 0 bridgehead atoms. The highest BCUT2D eigenvalue weighted by molar-refractivity contribution is 5.70. The standard InChI is InChI=1S/C13H24N2O3/c1-10-7-17-9-13(5-6-14-8-13)15(10)11(16)18-12(2,3)4/h10,14H,5-9H2,1-4H3. The molecule has 104 valence electrons. The second-order valence-electron chi connectivity index (χ2n) is 6.37. The maximum Gasteiger partial charge on any atom is 0.411 e. The van der Waals surface area contributed by atoms with Crippen molar-refractivity contribution >= 4 is 6.09 Å². The summed E-state index contributed by atoms with van der Waals surface area (Å²) < 4.78 is 11.2. The molecule has 2 unspecified atom stereocenters. The van der Waals surface area contributed by atoms with E-state index in [1.165, 1.54) is 0 Å². The number of rotatable bonds is 0. The van der Waals surface area contributed by atoms with Crippen LogP contribution < -0.4 is 5.32 Å². The molecule has 5 nitrogen and oxygen atoms in total. The van der Waals surface area contributed by atoms with Crippen LogP contribution in [-0.4, -0.2) is 54.5 Å². The molecule has 0 saturated carbocycles. The Morgan fingerprint density at radius 3 is 2.78 bits per heavy atom. The maximum absolute atomic E-state index is 12.4. The van der Waals surface area contributed by atoms with Crippen LogP contribution in [0.25, 0.3) is 0 Å². The van der Waals surface area contributed by atoms with E-state index in [-0.39, 0.29) is 17.7 Å². The minimum absolute atomic E-state index is 0.0634. The van der Waals surface area contributed by atoms with Gasteiger partial charge in [-0.2, -0.15) is 0 Å². The lowest BCUT2D eigenvalue weighted by molar-refractivity contribution is -0.0927. The van der Waals surface area contributed by atoms with E-state index < -0.39 is 5.60 Å². The molecule has 2 atom stereocenters. The van der Waals surface area contributed by atoms with Crippen LogP contribution in [0.2, 0.25) is 0 Å². The molecule has 2 aliphatic heterocycles. The predicted molar refractivity (Wildman–Crippen MR) is 68.6 cm³/mol. The molecule has 0 aliphatic carbocycles. The summed E-state index contributed by atoms with van der Waals surface area (Å²) in [6.07, 6.45) is 0.707. The number of carbonyl (C=O) groups excluding carboxylic acids is 1. The number of hydrogen-bond donors (Lipinski definition) is 1. The molecule has 2 aliphatic rings. The Bertz CT molecular complexity index is 319. The lowest BCUT2D eigenvalue weighted by atomic mass is 9.94. The first-order valence-electron chi connectivity index (χ1n) is 6.65. The van der Waals surface area contributed by atoms with Gasteiger partial charge in [0.1, 0.15) is 5.60 Å². The van der Waals surface area contributed by atoms with Gasteiger partial charge < -0.3 is 14.8 Å². The fourth-order valence-electron chi connectivity index (χ4n) is 2.78. The highest BCUT2D eigenvalue weighted by Gasteiger charge is 2.48. The van der Waals surface area contributed by atoms with Crippen molar-refractivity contribution in [1.29, 1.82) is 0 Å². The molecule has 0 aromatic heterocycles. The molecule has 0 radical (unpaired) electrons. The van der Waals surface area contributed by atoms with Gasteiger partial charge in [-0.15, -0.1) is 0 Å². The molecular formula is C13H24N2O3. The van der Waals surface area contributed by atoms with Gasteiger partial charge in [0, 0.05) is 6.54 Å². The zero-order valence-corrected chi connectivity index (χ0v) is 11.8. The molecule has 2 saturated heterocycles. The Kier molecular flexibility index (Phi) is 3.56. The molecule has 2 rings (SSSR count). The van der Waals surface area contributed by atoms with Crippen LogP contribution in [0.4, 0.5) is 4.79 Å². The van der Waals surface area contributed by atoms with Gasteiger partial charge in [0.25, 0.3) is 0 Å². The fraction of sp³-hybridized carbons (Fsp3) is 0.923.